The molecule has 1 saturated heterocycles. The minimum Gasteiger partial charge on any atom is -0.550 e. The van der Waals surface area contributed by atoms with Crippen LogP contribution in [0.3, 0.4) is 0 Å². The number of nitrogens with one attached hydrogen (secondary N) is 1. The normalized spacial score (nSPS) is 17.6. The summed E-state index contributed by atoms with van der Waals surface area (Å²) >= 11 is 6.16. The largest absolute Gasteiger partial charge is 0.550 e. The number of piperazine rings is 1. The molecule has 0 radical (unpaired) electrons. The van der Waals surface area contributed by atoms with Crippen molar-refractivity contribution in [2.75, 3.05) is 32.1 Å². The average molecular weight is 471 g/mol. The minimum atomic E-state index is -1.31. The number of ether oxygens (including phenoxy) is 1. The second-order valence-electron chi connectivity index (χ2n) is 7.82. The van der Waals surface area contributed by atoms with E-state index in [-0.39, 0.29) is 32.0 Å². The van der Waals surface area contributed by atoms with Gasteiger partial charge in [-0.2, -0.15) is 0 Å². The summed E-state index contributed by atoms with van der Waals surface area (Å²) in [5, 5.41) is 13.9. The monoisotopic (exact) mass is 470 g/mol. The van der Waals surface area contributed by atoms with E-state index in [9.17, 15) is 24.3 Å². The molecule has 2 aromatic carbocycles. The lowest BCUT2D eigenvalue weighted by atomic mass is 10.00. The summed E-state index contributed by atoms with van der Waals surface area (Å²) < 4.78 is 5.42. The molecule has 33 heavy (non-hydrogen) atoms. The summed E-state index contributed by atoms with van der Waals surface area (Å²) in [5.41, 5.74) is 2.10. The van der Waals surface area contributed by atoms with E-state index in [1.54, 1.807) is 43.5 Å². The molecular formula is C23H21ClN3O6-. The third-order valence-electron chi connectivity index (χ3n) is 5.82. The molecule has 172 valence electrons. The Kier molecular flexibility index (Phi) is 6.24. The highest BCUT2D eigenvalue weighted by molar-refractivity contribution is 6.31. The van der Waals surface area contributed by atoms with Crippen molar-refractivity contribution in [3.8, 4) is 16.9 Å². The van der Waals surface area contributed by atoms with Crippen molar-refractivity contribution in [1.29, 1.82) is 0 Å². The number of fused-ring (bicyclic) bond motifs is 2. The lowest BCUT2D eigenvalue weighted by Crippen LogP contribution is -2.59. The van der Waals surface area contributed by atoms with Gasteiger partial charge in [0.1, 0.15) is 11.8 Å². The van der Waals surface area contributed by atoms with Gasteiger partial charge in [-0.3, -0.25) is 14.4 Å². The van der Waals surface area contributed by atoms with Crippen LogP contribution in [0.5, 0.6) is 5.75 Å². The van der Waals surface area contributed by atoms with Gasteiger partial charge in [-0.1, -0.05) is 17.7 Å². The van der Waals surface area contributed by atoms with Gasteiger partial charge < -0.3 is 29.8 Å². The molecule has 1 fully saturated rings. The van der Waals surface area contributed by atoms with Gasteiger partial charge in [-0.05, 0) is 42.3 Å². The predicted molar refractivity (Wildman–Crippen MR) is 118 cm³/mol. The molecular weight excluding hydrogens is 450 g/mol. The zero-order valence-corrected chi connectivity index (χ0v) is 18.6. The number of methoxy groups -OCH3 is 1. The number of hydrogen-bond acceptors (Lipinski definition) is 6. The van der Waals surface area contributed by atoms with E-state index in [0.717, 1.165) is 0 Å². The molecule has 9 nitrogen and oxygen atoms in total. The standard InChI is InChI=1S/C23H22ClN3O6/c1-33-19-5-3-14(24)11-15(19)13-2-4-17-16(10-13)23(32)27-9-8-26(12-18(27)22(31)25-17)20(28)6-7-21(29)30/h2-5,10-11,18H,6-9,12H2,1H3,(H,25,31)(H,29,30)/p-1/t18-/m0/s1. The smallest absolute Gasteiger partial charge is 0.256 e. The molecule has 1 N–H and O–H groups in total. The van der Waals surface area contributed by atoms with Crippen LogP contribution in [0.25, 0.3) is 11.1 Å². The summed E-state index contributed by atoms with van der Waals surface area (Å²) in [6, 6.07) is 9.40. The van der Waals surface area contributed by atoms with Gasteiger partial charge >= 0.3 is 0 Å². The van der Waals surface area contributed by atoms with Crippen molar-refractivity contribution in [3.63, 3.8) is 0 Å². The molecule has 2 aliphatic heterocycles. The van der Waals surface area contributed by atoms with Crippen LogP contribution in [-0.2, 0) is 14.4 Å². The second-order valence-corrected chi connectivity index (χ2v) is 8.26. The number of benzene rings is 2. The van der Waals surface area contributed by atoms with Gasteiger partial charge in [0.25, 0.3) is 5.91 Å². The number of carboxylic acids is 1. The van der Waals surface area contributed by atoms with E-state index in [1.807, 2.05) is 0 Å². The molecule has 0 spiro atoms. The third-order valence-corrected chi connectivity index (χ3v) is 6.06. The molecule has 0 aliphatic carbocycles. The molecule has 0 saturated carbocycles. The fourth-order valence-corrected chi connectivity index (χ4v) is 4.29. The predicted octanol–water partition coefficient (Wildman–Crippen LogP) is 1.15. The maximum absolute atomic E-state index is 13.4. The van der Waals surface area contributed by atoms with Crippen LogP contribution < -0.4 is 15.2 Å². The van der Waals surface area contributed by atoms with Crippen molar-refractivity contribution >= 4 is 41.0 Å². The van der Waals surface area contributed by atoms with Crippen molar-refractivity contribution in [1.82, 2.24) is 9.80 Å². The van der Waals surface area contributed by atoms with Gasteiger partial charge in [0.2, 0.25) is 11.8 Å². The van der Waals surface area contributed by atoms with Gasteiger partial charge in [-0.25, -0.2) is 0 Å². The molecule has 3 amide bonds. The fraction of sp³-hybridized carbons (Fsp3) is 0.304. The van der Waals surface area contributed by atoms with E-state index in [2.05, 4.69) is 5.32 Å². The number of hydrogen-bond donors (Lipinski definition) is 1. The van der Waals surface area contributed by atoms with Crippen molar-refractivity contribution in [3.05, 3.63) is 47.0 Å². The Morgan fingerprint density at radius 2 is 1.91 bits per heavy atom. The maximum atomic E-state index is 13.4. The molecule has 4 rings (SSSR count). The Bertz CT molecular complexity index is 1150. The Hall–Kier alpha value is -3.59. The van der Waals surface area contributed by atoms with Crippen LogP contribution in [0, 0.1) is 0 Å². The molecule has 0 unspecified atom stereocenters. The molecule has 10 heteroatoms. The highest BCUT2D eigenvalue weighted by Gasteiger charge is 2.40. The first kappa shape index (κ1) is 22.6. The average Bonchev–Trinajstić information content (AvgIpc) is 2.91. The highest BCUT2D eigenvalue weighted by atomic mass is 35.5. The lowest BCUT2D eigenvalue weighted by Gasteiger charge is -2.39. The Labute approximate surface area is 194 Å². The van der Waals surface area contributed by atoms with E-state index in [1.165, 1.54) is 9.80 Å². The molecule has 0 aromatic heterocycles. The summed E-state index contributed by atoms with van der Waals surface area (Å²) in [5.74, 6) is -1.86. The molecule has 2 aliphatic rings. The summed E-state index contributed by atoms with van der Waals surface area (Å²) in [6.45, 7) is 0.350. The van der Waals surface area contributed by atoms with Gasteiger partial charge in [0.05, 0.1) is 24.9 Å². The molecule has 2 heterocycles. The zero-order valence-electron chi connectivity index (χ0n) is 17.8. The Morgan fingerprint density at radius 1 is 1.12 bits per heavy atom. The van der Waals surface area contributed by atoms with Crippen molar-refractivity contribution in [2.45, 2.75) is 18.9 Å². The van der Waals surface area contributed by atoms with E-state index in [4.69, 9.17) is 16.3 Å². The third kappa shape index (κ3) is 4.49. The number of carbonyl (C=O) groups excluding carboxylic acids is 4. The fourth-order valence-electron chi connectivity index (χ4n) is 4.12. The first-order chi connectivity index (χ1) is 15.8. The van der Waals surface area contributed by atoms with Gasteiger partial charge in [-0.15, -0.1) is 0 Å². The maximum Gasteiger partial charge on any atom is 0.256 e. The van der Waals surface area contributed by atoms with Gasteiger partial charge in [0.15, 0.2) is 0 Å². The SMILES string of the molecule is COc1ccc(Cl)cc1-c1ccc2c(c1)C(=O)N1CCN(C(=O)CCC(=O)[O-])C[C@H]1C(=O)N2. The number of rotatable bonds is 5. The van der Waals surface area contributed by atoms with Crippen molar-refractivity contribution < 1.29 is 29.0 Å². The Balaban J connectivity index is 1.62. The summed E-state index contributed by atoms with van der Waals surface area (Å²) in [6.07, 6.45) is -0.605. The second kappa shape index (κ2) is 9.11. The quantitative estimate of drug-likeness (QED) is 0.700. The number of nitrogens with zero attached hydrogens (tertiary/aromatic N) is 2. The summed E-state index contributed by atoms with van der Waals surface area (Å²) in [4.78, 5) is 52.2. The Morgan fingerprint density at radius 3 is 2.64 bits per heavy atom. The number of amides is 3. The minimum absolute atomic E-state index is 0.00752. The molecule has 0 bridgehead atoms. The van der Waals surface area contributed by atoms with E-state index >= 15 is 0 Å². The van der Waals surface area contributed by atoms with Crippen LogP contribution in [0.1, 0.15) is 23.2 Å². The topological polar surface area (TPSA) is 119 Å². The number of anilines is 1. The molecule has 2 aromatic rings. The lowest BCUT2D eigenvalue weighted by molar-refractivity contribution is -0.305. The number of carbonyl (C=O) groups is 4. The number of aliphatic carboxylic acids is 1. The highest BCUT2D eigenvalue weighted by Crippen LogP contribution is 2.36. The number of carboxylic acid groups (broad SMARTS) is 1. The van der Waals surface area contributed by atoms with E-state index < -0.39 is 30.2 Å². The van der Waals surface area contributed by atoms with Gasteiger partial charge in [0, 0.05) is 36.1 Å². The van der Waals surface area contributed by atoms with E-state index in [0.29, 0.717) is 33.1 Å². The first-order valence-corrected chi connectivity index (χ1v) is 10.7. The molecule has 1 atom stereocenters. The number of halogens is 1. The van der Waals surface area contributed by atoms with Crippen molar-refractivity contribution in [2.24, 2.45) is 0 Å². The van der Waals surface area contributed by atoms with Crippen LogP contribution >= 0.6 is 11.6 Å². The zero-order chi connectivity index (χ0) is 23.7. The summed E-state index contributed by atoms with van der Waals surface area (Å²) in [7, 11) is 1.54. The van der Waals surface area contributed by atoms with Crippen LogP contribution in [0.2, 0.25) is 5.02 Å². The van der Waals surface area contributed by atoms with Crippen LogP contribution in [0.4, 0.5) is 5.69 Å². The van der Waals surface area contributed by atoms with Crippen LogP contribution in [0.15, 0.2) is 36.4 Å². The van der Waals surface area contributed by atoms with Crippen LogP contribution in [-0.4, -0.2) is 66.3 Å². The first-order valence-electron chi connectivity index (χ1n) is 10.4.